The van der Waals surface area contributed by atoms with E-state index in [9.17, 15) is 0 Å². The van der Waals surface area contributed by atoms with Crippen molar-refractivity contribution in [3.05, 3.63) is 10.6 Å². The molecular weight excluding hydrogens is 270 g/mol. The number of fused-ring (bicyclic) bond motifs is 1. The first-order valence-electron chi connectivity index (χ1n) is 7.87. The van der Waals surface area contributed by atoms with E-state index in [1.165, 1.54) is 41.4 Å². The molecule has 0 spiro atoms. The molecule has 0 saturated carbocycles. The van der Waals surface area contributed by atoms with Gasteiger partial charge in [0, 0.05) is 18.0 Å². The first-order chi connectivity index (χ1) is 9.78. The van der Waals surface area contributed by atoms with Crippen molar-refractivity contribution in [3.8, 4) is 0 Å². The Hall–Kier alpha value is -0.650. The summed E-state index contributed by atoms with van der Waals surface area (Å²) in [4.78, 5) is 8.87. The molecule has 5 heteroatoms. The highest BCUT2D eigenvalue weighted by Crippen LogP contribution is 2.37. The van der Waals surface area contributed by atoms with E-state index in [1.807, 2.05) is 11.3 Å². The van der Waals surface area contributed by atoms with Gasteiger partial charge in [-0.3, -0.25) is 0 Å². The molecule has 4 nitrogen and oxygen atoms in total. The molecule has 1 saturated heterocycles. The second kappa shape index (κ2) is 6.41. The van der Waals surface area contributed by atoms with E-state index in [4.69, 9.17) is 9.72 Å². The Morgan fingerprint density at radius 3 is 3.20 bits per heavy atom. The van der Waals surface area contributed by atoms with Crippen molar-refractivity contribution in [2.45, 2.75) is 51.7 Å². The number of aryl methyl sites for hydroxylation is 1. The number of thiazole rings is 1. The van der Waals surface area contributed by atoms with E-state index in [0.29, 0.717) is 12.1 Å². The van der Waals surface area contributed by atoms with Gasteiger partial charge in [0.25, 0.3) is 0 Å². The van der Waals surface area contributed by atoms with E-state index in [2.05, 4.69) is 24.1 Å². The Morgan fingerprint density at radius 2 is 2.40 bits per heavy atom. The number of hydrogen-bond donors (Lipinski definition) is 1. The first-order valence-corrected chi connectivity index (χ1v) is 8.69. The fourth-order valence-electron chi connectivity index (χ4n) is 3.05. The lowest BCUT2D eigenvalue weighted by Gasteiger charge is -2.30. The van der Waals surface area contributed by atoms with Gasteiger partial charge in [-0.1, -0.05) is 6.92 Å². The Kier molecular flexibility index (Phi) is 4.58. The van der Waals surface area contributed by atoms with Crippen LogP contribution in [-0.4, -0.2) is 37.3 Å². The smallest absolute Gasteiger partial charge is 0.186 e. The summed E-state index contributed by atoms with van der Waals surface area (Å²) in [7, 11) is 0. The first kappa shape index (κ1) is 14.3. The maximum absolute atomic E-state index is 5.63. The summed E-state index contributed by atoms with van der Waals surface area (Å²) in [5.74, 6) is 0. The average Bonchev–Trinajstić information content (AvgIpc) is 2.89. The molecule has 1 aliphatic heterocycles. The number of morpholine rings is 1. The summed E-state index contributed by atoms with van der Waals surface area (Å²) in [6.45, 7) is 8.22. The molecule has 2 atom stereocenters. The van der Waals surface area contributed by atoms with Crippen LogP contribution in [0.4, 0.5) is 5.13 Å². The van der Waals surface area contributed by atoms with Crippen molar-refractivity contribution < 1.29 is 4.74 Å². The van der Waals surface area contributed by atoms with Crippen LogP contribution in [0.1, 0.15) is 49.7 Å². The molecule has 112 valence electrons. The zero-order valence-electron chi connectivity index (χ0n) is 12.5. The highest BCUT2D eigenvalue weighted by molar-refractivity contribution is 7.15. The van der Waals surface area contributed by atoms with Crippen molar-refractivity contribution in [1.29, 1.82) is 0 Å². The minimum Gasteiger partial charge on any atom is -0.375 e. The van der Waals surface area contributed by atoms with Gasteiger partial charge in [0.1, 0.15) is 0 Å². The van der Waals surface area contributed by atoms with Gasteiger partial charge in [0.2, 0.25) is 0 Å². The Labute approximate surface area is 125 Å². The molecule has 2 unspecified atom stereocenters. The van der Waals surface area contributed by atoms with Gasteiger partial charge in [-0.05, 0) is 39.2 Å². The molecule has 1 aromatic heterocycles. The Balaban J connectivity index is 1.76. The monoisotopic (exact) mass is 295 g/mol. The zero-order chi connectivity index (χ0) is 13.9. The van der Waals surface area contributed by atoms with Gasteiger partial charge in [-0.25, -0.2) is 4.98 Å². The topological polar surface area (TPSA) is 37.4 Å². The van der Waals surface area contributed by atoms with Crippen molar-refractivity contribution in [1.82, 2.24) is 10.3 Å². The maximum atomic E-state index is 5.63. The van der Waals surface area contributed by atoms with Crippen LogP contribution in [0.3, 0.4) is 0 Å². The number of nitrogens with zero attached hydrogens (tertiary/aromatic N) is 2. The van der Waals surface area contributed by atoms with Crippen LogP contribution in [0.5, 0.6) is 0 Å². The third-order valence-electron chi connectivity index (χ3n) is 4.10. The third-order valence-corrected chi connectivity index (χ3v) is 5.29. The maximum Gasteiger partial charge on any atom is 0.186 e. The van der Waals surface area contributed by atoms with E-state index in [1.54, 1.807) is 0 Å². The molecule has 2 aliphatic rings. The number of nitrogens with one attached hydrogen (secondary N) is 1. The minimum atomic E-state index is 0.318. The second-order valence-corrected chi connectivity index (χ2v) is 6.89. The number of aromatic nitrogens is 1. The van der Waals surface area contributed by atoms with Crippen LogP contribution >= 0.6 is 11.3 Å². The van der Waals surface area contributed by atoms with Gasteiger partial charge < -0.3 is 15.0 Å². The Bertz CT molecular complexity index is 448. The lowest BCUT2D eigenvalue weighted by molar-refractivity contribution is 0.0532. The van der Waals surface area contributed by atoms with Gasteiger partial charge >= 0.3 is 0 Å². The van der Waals surface area contributed by atoms with E-state index in [-0.39, 0.29) is 0 Å². The van der Waals surface area contributed by atoms with Crippen LogP contribution in [0, 0.1) is 0 Å². The third kappa shape index (κ3) is 3.00. The summed E-state index contributed by atoms with van der Waals surface area (Å²) >= 11 is 1.90. The fraction of sp³-hybridized carbons (Fsp3) is 0.800. The SMILES string of the molecule is CCCNC1CCCc2sc(N3CCOC(C)C3)nc21. The second-order valence-electron chi connectivity index (χ2n) is 5.83. The molecule has 1 aromatic rings. The molecule has 0 radical (unpaired) electrons. The highest BCUT2D eigenvalue weighted by atomic mass is 32.1. The molecule has 0 aromatic carbocycles. The van der Waals surface area contributed by atoms with Crippen molar-refractivity contribution in [2.24, 2.45) is 0 Å². The Morgan fingerprint density at radius 1 is 1.50 bits per heavy atom. The zero-order valence-corrected chi connectivity index (χ0v) is 13.3. The summed E-state index contributed by atoms with van der Waals surface area (Å²) in [5, 5.41) is 4.86. The standard InChI is InChI=1S/C15H25N3OS/c1-3-7-16-12-5-4-6-13-14(12)17-15(20-13)18-8-9-19-11(2)10-18/h11-12,16H,3-10H2,1-2H3. The van der Waals surface area contributed by atoms with Crippen molar-refractivity contribution >= 4 is 16.5 Å². The lowest BCUT2D eigenvalue weighted by atomic mass is 9.97. The molecule has 1 aliphatic carbocycles. The van der Waals surface area contributed by atoms with Crippen LogP contribution in [0.2, 0.25) is 0 Å². The van der Waals surface area contributed by atoms with Crippen molar-refractivity contribution in [3.63, 3.8) is 0 Å². The number of rotatable bonds is 4. The number of ether oxygens (including phenoxy) is 1. The number of anilines is 1. The van der Waals surface area contributed by atoms with Crippen LogP contribution in [0.15, 0.2) is 0 Å². The van der Waals surface area contributed by atoms with Crippen molar-refractivity contribution in [2.75, 3.05) is 31.1 Å². The summed E-state index contributed by atoms with van der Waals surface area (Å²) in [6, 6.07) is 0.474. The summed E-state index contributed by atoms with van der Waals surface area (Å²) < 4.78 is 5.63. The molecule has 3 rings (SSSR count). The van der Waals surface area contributed by atoms with Crippen LogP contribution < -0.4 is 10.2 Å². The predicted octanol–water partition coefficient (Wildman–Crippen LogP) is 2.75. The normalized spacial score (nSPS) is 26.6. The molecule has 0 amide bonds. The highest BCUT2D eigenvalue weighted by Gasteiger charge is 2.27. The molecule has 1 fully saturated rings. The van der Waals surface area contributed by atoms with Crippen LogP contribution in [0.25, 0.3) is 0 Å². The van der Waals surface area contributed by atoms with E-state index in [0.717, 1.165) is 26.2 Å². The average molecular weight is 295 g/mol. The molecule has 0 bridgehead atoms. The van der Waals surface area contributed by atoms with E-state index >= 15 is 0 Å². The van der Waals surface area contributed by atoms with Gasteiger partial charge in [-0.15, -0.1) is 11.3 Å². The van der Waals surface area contributed by atoms with E-state index < -0.39 is 0 Å². The van der Waals surface area contributed by atoms with Crippen LogP contribution in [-0.2, 0) is 11.2 Å². The number of hydrogen-bond acceptors (Lipinski definition) is 5. The minimum absolute atomic E-state index is 0.318. The quantitative estimate of drug-likeness (QED) is 0.927. The molecular formula is C15H25N3OS. The fourth-order valence-corrected chi connectivity index (χ4v) is 4.25. The molecule has 20 heavy (non-hydrogen) atoms. The summed E-state index contributed by atoms with van der Waals surface area (Å²) in [6.07, 6.45) is 5.23. The largest absolute Gasteiger partial charge is 0.375 e. The predicted molar refractivity (Wildman–Crippen MR) is 83.7 cm³/mol. The lowest BCUT2D eigenvalue weighted by Crippen LogP contribution is -2.41. The molecule has 1 N–H and O–H groups in total. The van der Waals surface area contributed by atoms with Gasteiger partial charge in [-0.2, -0.15) is 0 Å². The molecule has 2 heterocycles. The van der Waals surface area contributed by atoms with Gasteiger partial charge in [0.15, 0.2) is 5.13 Å². The summed E-state index contributed by atoms with van der Waals surface area (Å²) in [5.41, 5.74) is 1.32. The van der Waals surface area contributed by atoms with Gasteiger partial charge in [0.05, 0.1) is 24.4 Å².